The van der Waals surface area contributed by atoms with Crippen LogP contribution in [0.5, 0.6) is 5.75 Å². The zero-order valence-electron chi connectivity index (χ0n) is 12.2. The van der Waals surface area contributed by atoms with Crippen molar-refractivity contribution in [2.75, 3.05) is 18.5 Å². The largest absolute Gasteiger partial charge is 0.494 e. The van der Waals surface area contributed by atoms with Crippen LogP contribution in [0.4, 0.5) is 5.69 Å². The van der Waals surface area contributed by atoms with E-state index in [1.807, 2.05) is 31.2 Å². The number of carbonyl (C=O) groups excluding carboxylic acids is 1. The van der Waals surface area contributed by atoms with E-state index in [-0.39, 0.29) is 5.91 Å². The molecule has 1 aromatic carbocycles. The highest BCUT2D eigenvalue weighted by atomic mass is 16.5. The van der Waals surface area contributed by atoms with Crippen molar-refractivity contribution in [2.24, 2.45) is 0 Å². The quantitative estimate of drug-likeness (QED) is 0.840. The molecule has 0 aliphatic heterocycles. The number of hydrogen-bond donors (Lipinski definition) is 2. The van der Waals surface area contributed by atoms with Gasteiger partial charge in [-0.2, -0.15) is 0 Å². The maximum atomic E-state index is 11.9. The summed E-state index contributed by atoms with van der Waals surface area (Å²) >= 11 is 0. The summed E-state index contributed by atoms with van der Waals surface area (Å²) in [4.78, 5) is 11.9. The summed E-state index contributed by atoms with van der Waals surface area (Å²) in [6.07, 6.45) is 6.26. The van der Waals surface area contributed by atoms with E-state index in [0.29, 0.717) is 19.2 Å². The van der Waals surface area contributed by atoms with E-state index in [0.717, 1.165) is 11.4 Å². The van der Waals surface area contributed by atoms with Gasteiger partial charge in [0.1, 0.15) is 5.75 Å². The average molecular weight is 276 g/mol. The molecule has 20 heavy (non-hydrogen) atoms. The monoisotopic (exact) mass is 276 g/mol. The third-order valence-corrected chi connectivity index (χ3v) is 3.61. The molecule has 0 atom stereocenters. The Kier molecular flexibility index (Phi) is 5.87. The number of nitrogens with one attached hydrogen (secondary N) is 2. The van der Waals surface area contributed by atoms with Crippen molar-refractivity contribution in [1.82, 2.24) is 5.32 Å². The number of benzene rings is 1. The molecule has 1 fully saturated rings. The zero-order chi connectivity index (χ0) is 14.2. The lowest BCUT2D eigenvalue weighted by Gasteiger charge is -2.22. The van der Waals surface area contributed by atoms with E-state index in [9.17, 15) is 4.79 Å². The lowest BCUT2D eigenvalue weighted by molar-refractivity contribution is -0.115. The third kappa shape index (κ3) is 4.85. The zero-order valence-corrected chi connectivity index (χ0v) is 12.2. The van der Waals surface area contributed by atoms with Gasteiger partial charge in [-0.05, 0) is 44.0 Å². The molecule has 1 saturated carbocycles. The van der Waals surface area contributed by atoms with Crippen molar-refractivity contribution in [3.8, 4) is 5.75 Å². The molecular formula is C16H24N2O2. The van der Waals surface area contributed by atoms with Gasteiger partial charge in [-0.3, -0.25) is 4.79 Å². The fourth-order valence-corrected chi connectivity index (χ4v) is 2.55. The van der Waals surface area contributed by atoms with Gasteiger partial charge in [0.25, 0.3) is 0 Å². The standard InChI is InChI=1S/C16H24N2O2/c1-2-20-15-10-8-14(9-11-15)18-16(19)12-17-13-6-4-3-5-7-13/h8-11,13,17H,2-7,12H2,1H3,(H,18,19). The Hall–Kier alpha value is -1.55. The second-order valence-corrected chi connectivity index (χ2v) is 5.22. The summed E-state index contributed by atoms with van der Waals surface area (Å²) in [5.41, 5.74) is 0.809. The number of amides is 1. The third-order valence-electron chi connectivity index (χ3n) is 3.61. The minimum Gasteiger partial charge on any atom is -0.494 e. The van der Waals surface area contributed by atoms with Gasteiger partial charge in [0.05, 0.1) is 13.2 Å². The van der Waals surface area contributed by atoms with Crippen LogP contribution >= 0.6 is 0 Å². The molecule has 0 radical (unpaired) electrons. The van der Waals surface area contributed by atoms with Crippen LogP contribution in [0.25, 0.3) is 0 Å². The number of carbonyl (C=O) groups is 1. The van der Waals surface area contributed by atoms with Crippen molar-refractivity contribution in [3.63, 3.8) is 0 Å². The number of ether oxygens (including phenoxy) is 1. The summed E-state index contributed by atoms with van der Waals surface area (Å²) < 4.78 is 5.37. The molecule has 4 heteroatoms. The molecule has 1 amide bonds. The molecule has 0 saturated heterocycles. The second kappa shape index (κ2) is 7.90. The van der Waals surface area contributed by atoms with E-state index >= 15 is 0 Å². The van der Waals surface area contributed by atoms with E-state index < -0.39 is 0 Å². The normalized spacial score (nSPS) is 15.8. The second-order valence-electron chi connectivity index (χ2n) is 5.22. The summed E-state index contributed by atoms with van der Waals surface area (Å²) in [5.74, 6) is 0.838. The number of anilines is 1. The van der Waals surface area contributed by atoms with Crippen LogP contribution in [0.15, 0.2) is 24.3 Å². The summed E-state index contributed by atoms with van der Waals surface area (Å²) in [5, 5.41) is 6.23. The van der Waals surface area contributed by atoms with Gasteiger partial charge < -0.3 is 15.4 Å². The summed E-state index contributed by atoms with van der Waals surface area (Å²) in [7, 11) is 0. The molecule has 2 rings (SSSR count). The first kappa shape index (κ1) is 14.9. The Morgan fingerprint density at radius 1 is 1.20 bits per heavy atom. The minimum atomic E-state index is 0.0136. The topological polar surface area (TPSA) is 50.4 Å². The highest BCUT2D eigenvalue weighted by Gasteiger charge is 2.13. The maximum absolute atomic E-state index is 11.9. The van der Waals surface area contributed by atoms with Gasteiger partial charge in [0, 0.05) is 11.7 Å². The first-order chi connectivity index (χ1) is 9.78. The Balaban J connectivity index is 1.73. The SMILES string of the molecule is CCOc1ccc(NC(=O)CNC2CCCCC2)cc1. The lowest BCUT2D eigenvalue weighted by atomic mass is 9.95. The van der Waals surface area contributed by atoms with Gasteiger partial charge in [0.15, 0.2) is 0 Å². The first-order valence-corrected chi connectivity index (χ1v) is 7.54. The molecule has 4 nitrogen and oxygen atoms in total. The minimum absolute atomic E-state index is 0.0136. The fourth-order valence-electron chi connectivity index (χ4n) is 2.55. The van der Waals surface area contributed by atoms with Crippen molar-refractivity contribution in [3.05, 3.63) is 24.3 Å². The lowest BCUT2D eigenvalue weighted by Crippen LogP contribution is -2.37. The molecule has 1 aliphatic rings. The van der Waals surface area contributed by atoms with E-state index in [1.54, 1.807) is 0 Å². The predicted octanol–water partition coefficient (Wildman–Crippen LogP) is 2.95. The maximum Gasteiger partial charge on any atom is 0.238 e. The summed E-state index contributed by atoms with van der Waals surface area (Å²) in [6, 6.07) is 7.98. The molecule has 0 spiro atoms. The molecule has 1 aromatic rings. The summed E-state index contributed by atoms with van der Waals surface area (Å²) in [6.45, 7) is 2.99. The number of hydrogen-bond acceptors (Lipinski definition) is 3. The van der Waals surface area contributed by atoms with Crippen LogP contribution in [0.1, 0.15) is 39.0 Å². The van der Waals surface area contributed by atoms with Gasteiger partial charge in [-0.25, -0.2) is 0 Å². The predicted molar refractivity (Wildman–Crippen MR) is 81.1 cm³/mol. The molecule has 110 valence electrons. The van der Waals surface area contributed by atoms with Crippen LogP contribution in [-0.4, -0.2) is 25.1 Å². The Morgan fingerprint density at radius 3 is 2.55 bits per heavy atom. The van der Waals surface area contributed by atoms with Crippen molar-refractivity contribution < 1.29 is 9.53 Å². The van der Waals surface area contributed by atoms with Crippen LogP contribution in [0, 0.1) is 0 Å². The van der Waals surface area contributed by atoms with E-state index in [1.165, 1.54) is 32.1 Å². The van der Waals surface area contributed by atoms with Crippen LogP contribution in [0.3, 0.4) is 0 Å². The van der Waals surface area contributed by atoms with Gasteiger partial charge in [-0.1, -0.05) is 19.3 Å². The Labute approximate surface area is 120 Å². The molecule has 0 unspecified atom stereocenters. The van der Waals surface area contributed by atoms with E-state index in [2.05, 4.69) is 10.6 Å². The molecule has 1 aliphatic carbocycles. The van der Waals surface area contributed by atoms with Crippen molar-refractivity contribution in [2.45, 2.75) is 45.1 Å². The highest BCUT2D eigenvalue weighted by Crippen LogP contribution is 2.17. The van der Waals surface area contributed by atoms with Crippen LogP contribution < -0.4 is 15.4 Å². The molecule has 0 aromatic heterocycles. The molecular weight excluding hydrogens is 252 g/mol. The first-order valence-electron chi connectivity index (χ1n) is 7.54. The van der Waals surface area contributed by atoms with Crippen molar-refractivity contribution >= 4 is 11.6 Å². The molecule has 0 bridgehead atoms. The fraction of sp³-hybridized carbons (Fsp3) is 0.562. The smallest absolute Gasteiger partial charge is 0.238 e. The van der Waals surface area contributed by atoms with Gasteiger partial charge >= 0.3 is 0 Å². The van der Waals surface area contributed by atoms with Gasteiger partial charge in [-0.15, -0.1) is 0 Å². The van der Waals surface area contributed by atoms with Crippen molar-refractivity contribution in [1.29, 1.82) is 0 Å². The number of rotatable bonds is 6. The van der Waals surface area contributed by atoms with Gasteiger partial charge in [0.2, 0.25) is 5.91 Å². The molecule has 0 heterocycles. The van der Waals surface area contributed by atoms with E-state index in [4.69, 9.17) is 4.74 Å². The molecule has 2 N–H and O–H groups in total. The Bertz CT molecular complexity index is 411. The average Bonchev–Trinajstić information content (AvgIpc) is 2.49. The highest BCUT2D eigenvalue weighted by molar-refractivity contribution is 5.92. The van der Waals surface area contributed by atoms with Crippen LogP contribution in [-0.2, 0) is 4.79 Å². The Morgan fingerprint density at radius 2 is 1.90 bits per heavy atom. The van der Waals surface area contributed by atoms with Crippen LogP contribution in [0.2, 0.25) is 0 Å².